The molecule has 22 heavy (non-hydrogen) atoms. The highest BCUT2D eigenvalue weighted by atomic mass is 32.2. The molecule has 0 unspecified atom stereocenters. The third kappa shape index (κ3) is 2.94. The zero-order valence-corrected chi connectivity index (χ0v) is 12.6. The summed E-state index contributed by atoms with van der Waals surface area (Å²) in [5, 5.41) is 11.3. The lowest BCUT2D eigenvalue weighted by Gasteiger charge is -2.25. The summed E-state index contributed by atoms with van der Waals surface area (Å²) in [7, 11) is 0. The summed E-state index contributed by atoms with van der Waals surface area (Å²) in [4.78, 5) is 37.8. The molecular weight excluding hydrogens is 304 g/mol. The number of likely N-dealkylation sites (tertiary alicyclic amines) is 1. The number of nitrogens with one attached hydrogen (secondary N) is 1. The lowest BCUT2D eigenvalue weighted by Crippen LogP contribution is -2.36. The van der Waals surface area contributed by atoms with Crippen LogP contribution >= 0.6 is 11.8 Å². The van der Waals surface area contributed by atoms with E-state index < -0.39 is 17.1 Å². The van der Waals surface area contributed by atoms with E-state index in [9.17, 15) is 14.4 Å². The molecule has 7 heteroatoms. The number of nitrogens with zero attached hydrogens (tertiary/aromatic N) is 1. The van der Waals surface area contributed by atoms with Crippen LogP contribution in [-0.2, 0) is 14.4 Å². The summed E-state index contributed by atoms with van der Waals surface area (Å²) in [6.45, 7) is 0.690. The predicted octanol–water partition coefficient (Wildman–Crippen LogP) is 1.42. The van der Waals surface area contributed by atoms with Crippen molar-refractivity contribution in [3.05, 3.63) is 24.3 Å². The number of rotatable bonds is 3. The Kier molecular flexibility index (Phi) is 4.06. The molecule has 3 rings (SSSR count). The van der Waals surface area contributed by atoms with Crippen molar-refractivity contribution in [3.8, 4) is 0 Å². The van der Waals surface area contributed by atoms with E-state index in [4.69, 9.17) is 5.11 Å². The van der Waals surface area contributed by atoms with E-state index >= 15 is 0 Å². The van der Waals surface area contributed by atoms with Crippen LogP contribution in [0.4, 0.5) is 5.69 Å². The van der Waals surface area contributed by atoms with Gasteiger partial charge in [-0.3, -0.25) is 14.4 Å². The van der Waals surface area contributed by atoms with Crippen molar-refractivity contribution < 1.29 is 19.5 Å². The molecule has 0 radical (unpaired) electrons. The molecule has 2 amide bonds. The molecule has 2 aliphatic rings. The topological polar surface area (TPSA) is 86.7 Å². The second-order valence-corrected chi connectivity index (χ2v) is 6.70. The highest BCUT2D eigenvalue weighted by molar-refractivity contribution is 8.01. The number of carboxylic acid groups (broad SMARTS) is 1. The zero-order chi connectivity index (χ0) is 15.7. The Labute approximate surface area is 131 Å². The van der Waals surface area contributed by atoms with Gasteiger partial charge >= 0.3 is 5.97 Å². The minimum Gasteiger partial charge on any atom is -0.481 e. The maximum atomic E-state index is 12.3. The number of carbonyl (C=O) groups is 3. The molecule has 0 bridgehead atoms. The van der Waals surface area contributed by atoms with E-state index in [1.807, 2.05) is 24.3 Å². The second-order valence-electron chi connectivity index (χ2n) is 5.46. The largest absolute Gasteiger partial charge is 0.481 e. The molecule has 0 aliphatic carbocycles. The van der Waals surface area contributed by atoms with Gasteiger partial charge in [0.05, 0.1) is 16.9 Å². The van der Waals surface area contributed by atoms with E-state index in [1.54, 1.807) is 4.90 Å². The number of thioether (sulfide) groups is 1. The van der Waals surface area contributed by atoms with Crippen LogP contribution in [0.3, 0.4) is 0 Å². The van der Waals surface area contributed by atoms with Crippen LogP contribution in [0.5, 0.6) is 0 Å². The Morgan fingerprint density at radius 2 is 2.14 bits per heavy atom. The Hall–Kier alpha value is -2.02. The highest BCUT2D eigenvalue weighted by Crippen LogP contribution is 2.37. The Bertz CT molecular complexity index is 634. The van der Waals surface area contributed by atoms with Gasteiger partial charge in [0.25, 0.3) is 0 Å². The van der Waals surface area contributed by atoms with Gasteiger partial charge in [-0.15, -0.1) is 11.8 Å². The number of carbonyl (C=O) groups excluding carboxylic acids is 2. The van der Waals surface area contributed by atoms with Gasteiger partial charge in [0.2, 0.25) is 11.8 Å². The minimum atomic E-state index is -0.867. The van der Waals surface area contributed by atoms with E-state index in [0.29, 0.717) is 13.0 Å². The average Bonchev–Trinajstić information content (AvgIpc) is 2.98. The maximum absolute atomic E-state index is 12.3. The van der Waals surface area contributed by atoms with Crippen molar-refractivity contribution in [2.75, 3.05) is 18.4 Å². The van der Waals surface area contributed by atoms with Gasteiger partial charge in [0.1, 0.15) is 0 Å². The fraction of sp³-hybridized carbons (Fsp3) is 0.400. The Balaban J connectivity index is 1.63. The molecule has 1 saturated heterocycles. The Morgan fingerprint density at radius 1 is 1.36 bits per heavy atom. The zero-order valence-electron chi connectivity index (χ0n) is 11.8. The molecule has 2 heterocycles. The molecule has 0 aromatic heterocycles. The highest BCUT2D eigenvalue weighted by Gasteiger charge is 2.34. The van der Waals surface area contributed by atoms with Crippen molar-refractivity contribution in [2.24, 2.45) is 5.92 Å². The molecule has 1 aromatic carbocycles. The van der Waals surface area contributed by atoms with Crippen LogP contribution in [0.2, 0.25) is 0 Å². The lowest BCUT2D eigenvalue weighted by molar-refractivity contribution is -0.141. The first kappa shape index (κ1) is 14.9. The number of aliphatic carboxylic acids is 1. The predicted molar refractivity (Wildman–Crippen MR) is 81.7 cm³/mol. The summed E-state index contributed by atoms with van der Waals surface area (Å²) in [5.74, 6) is -1.69. The first-order valence-corrected chi connectivity index (χ1v) is 7.99. The third-order valence-electron chi connectivity index (χ3n) is 3.96. The smallest absolute Gasteiger partial charge is 0.308 e. The molecule has 1 fully saturated rings. The van der Waals surface area contributed by atoms with Gasteiger partial charge in [-0.05, 0) is 18.6 Å². The number of anilines is 1. The summed E-state index contributed by atoms with van der Waals surface area (Å²) in [6, 6.07) is 7.48. The van der Waals surface area contributed by atoms with Crippen LogP contribution in [0, 0.1) is 5.92 Å². The van der Waals surface area contributed by atoms with Crippen LogP contribution in [0.15, 0.2) is 29.2 Å². The maximum Gasteiger partial charge on any atom is 0.308 e. The summed E-state index contributed by atoms with van der Waals surface area (Å²) in [5.41, 5.74) is 0.772. The number of hydrogen-bond acceptors (Lipinski definition) is 4. The molecule has 116 valence electrons. The van der Waals surface area contributed by atoms with E-state index in [2.05, 4.69) is 5.32 Å². The molecule has 2 N–H and O–H groups in total. The second kappa shape index (κ2) is 6.00. The molecule has 0 spiro atoms. The fourth-order valence-electron chi connectivity index (χ4n) is 2.70. The standard InChI is InChI=1S/C15H16N2O4S/c18-13(17-6-5-9(8-17)15(20)21)7-12-14(19)16-10-3-1-2-4-11(10)22-12/h1-4,9,12H,5-8H2,(H,16,19)(H,20,21)/t9-,12+/m1/s1. The molecular formula is C15H16N2O4S. The van der Waals surface area contributed by atoms with Crippen LogP contribution in [-0.4, -0.2) is 46.1 Å². The van der Waals surface area contributed by atoms with Crippen molar-refractivity contribution >= 4 is 35.2 Å². The number of benzene rings is 1. The quantitative estimate of drug-likeness (QED) is 0.879. The van der Waals surface area contributed by atoms with Crippen molar-refractivity contribution in [2.45, 2.75) is 23.0 Å². The van der Waals surface area contributed by atoms with Crippen molar-refractivity contribution in [1.82, 2.24) is 4.90 Å². The van der Waals surface area contributed by atoms with E-state index in [-0.39, 0.29) is 24.8 Å². The first-order chi connectivity index (χ1) is 10.5. The monoisotopic (exact) mass is 320 g/mol. The van der Waals surface area contributed by atoms with Gasteiger partial charge in [-0.1, -0.05) is 12.1 Å². The van der Waals surface area contributed by atoms with Gasteiger partial charge in [0, 0.05) is 24.4 Å². The van der Waals surface area contributed by atoms with Crippen LogP contribution in [0.1, 0.15) is 12.8 Å². The van der Waals surface area contributed by atoms with Crippen LogP contribution < -0.4 is 5.32 Å². The van der Waals surface area contributed by atoms with Gasteiger partial charge in [-0.25, -0.2) is 0 Å². The number of carboxylic acids is 1. The number of hydrogen-bond donors (Lipinski definition) is 2. The van der Waals surface area contributed by atoms with Crippen molar-refractivity contribution in [1.29, 1.82) is 0 Å². The SMILES string of the molecule is O=C(O)[C@@H]1CCN(C(=O)C[C@@H]2Sc3ccccc3NC2=O)C1. The molecule has 2 atom stereocenters. The normalized spacial score (nSPS) is 23.8. The molecule has 6 nitrogen and oxygen atoms in total. The molecule has 1 aromatic rings. The van der Waals surface area contributed by atoms with Gasteiger partial charge in [0.15, 0.2) is 0 Å². The van der Waals surface area contributed by atoms with E-state index in [0.717, 1.165) is 10.6 Å². The first-order valence-electron chi connectivity index (χ1n) is 7.11. The molecule has 2 aliphatic heterocycles. The summed E-state index contributed by atoms with van der Waals surface area (Å²) >= 11 is 1.38. The van der Waals surface area contributed by atoms with E-state index in [1.165, 1.54) is 11.8 Å². The van der Waals surface area contributed by atoms with Gasteiger partial charge < -0.3 is 15.3 Å². The molecule has 0 saturated carbocycles. The van der Waals surface area contributed by atoms with Crippen LogP contribution in [0.25, 0.3) is 0 Å². The third-order valence-corrected chi connectivity index (χ3v) is 5.23. The van der Waals surface area contributed by atoms with Gasteiger partial charge in [-0.2, -0.15) is 0 Å². The fourth-order valence-corrected chi connectivity index (χ4v) is 3.80. The summed E-state index contributed by atoms with van der Waals surface area (Å²) in [6.07, 6.45) is 0.574. The lowest BCUT2D eigenvalue weighted by atomic mass is 10.1. The Morgan fingerprint density at radius 3 is 2.86 bits per heavy atom. The number of para-hydroxylation sites is 1. The number of amides is 2. The van der Waals surface area contributed by atoms with Crippen molar-refractivity contribution in [3.63, 3.8) is 0 Å². The number of fused-ring (bicyclic) bond motifs is 1. The summed E-state index contributed by atoms with van der Waals surface area (Å²) < 4.78 is 0. The average molecular weight is 320 g/mol. The minimum absolute atomic E-state index is 0.0944.